The summed E-state index contributed by atoms with van der Waals surface area (Å²) < 4.78 is 47.2. The van der Waals surface area contributed by atoms with E-state index in [2.05, 4.69) is 10.1 Å². The SMILES string of the molecule is COc1ccc(CNCc2ccc(F)c(Cl)c2)cc1OC(F)F. The highest BCUT2D eigenvalue weighted by molar-refractivity contribution is 6.30. The number of halogens is 4. The van der Waals surface area contributed by atoms with Gasteiger partial charge >= 0.3 is 6.61 Å². The zero-order valence-corrected chi connectivity index (χ0v) is 13.0. The third-order valence-corrected chi connectivity index (χ3v) is 3.38. The van der Waals surface area contributed by atoms with E-state index in [9.17, 15) is 13.2 Å². The first-order chi connectivity index (χ1) is 11.0. The van der Waals surface area contributed by atoms with Crippen molar-refractivity contribution in [1.82, 2.24) is 5.32 Å². The van der Waals surface area contributed by atoms with Crippen LogP contribution in [-0.2, 0) is 13.1 Å². The molecule has 2 aromatic rings. The Morgan fingerprint density at radius 3 is 2.30 bits per heavy atom. The highest BCUT2D eigenvalue weighted by Gasteiger charge is 2.11. The molecule has 2 aromatic carbocycles. The van der Waals surface area contributed by atoms with Crippen LogP contribution in [0.4, 0.5) is 13.2 Å². The van der Waals surface area contributed by atoms with Gasteiger partial charge in [0, 0.05) is 13.1 Å². The van der Waals surface area contributed by atoms with Crippen molar-refractivity contribution in [3.8, 4) is 11.5 Å². The Hall–Kier alpha value is -1.92. The third kappa shape index (κ3) is 5.04. The molecule has 0 saturated heterocycles. The molecule has 23 heavy (non-hydrogen) atoms. The summed E-state index contributed by atoms with van der Waals surface area (Å²) in [5, 5.41) is 3.17. The fourth-order valence-electron chi connectivity index (χ4n) is 2.02. The summed E-state index contributed by atoms with van der Waals surface area (Å²) in [5.41, 5.74) is 1.56. The van der Waals surface area contributed by atoms with Crippen molar-refractivity contribution >= 4 is 11.6 Å². The number of hydrogen-bond donors (Lipinski definition) is 1. The van der Waals surface area contributed by atoms with Crippen molar-refractivity contribution in [2.75, 3.05) is 7.11 Å². The smallest absolute Gasteiger partial charge is 0.387 e. The van der Waals surface area contributed by atoms with E-state index >= 15 is 0 Å². The Morgan fingerprint density at radius 2 is 1.70 bits per heavy atom. The van der Waals surface area contributed by atoms with Gasteiger partial charge in [0.25, 0.3) is 0 Å². The lowest BCUT2D eigenvalue weighted by atomic mass is 10.2. The Morgan fingerprint density at radius 1 is 1.04 bits per heavy atom. The van der Waals surface area contributed by atoms with Gasteiger partial charge in [-0.25, -0.2) is 4.39 Å². The minimum atomic E-state index is -2.92. The Kier molecular flexibility index (Phi) is 6.12. The van der Waals surface area contributed by atoms with Crippen molar-refractivity contribution in [2.24, 2.45) is 0 Å². The lowest BCUT2D eigenvalue weighted by molar-refractivity contribution is -0.0512. The first-order valence-corrected chi connectivity index (χ1v) is 7.13. The second-order valence-electron chi connectivity index (χ2n) is 4.72. The first kappa shape index (κ1) is 17.4. The van der Waals surface area contributed by atoms with Crippen LogP contribution in [0, 0.1) is 5.82 Å². The van der Waals surface area contributed by atoms with Gasteiger partial charge in [-0.05, 0) is 35.4 Å². The minimum absolute atomic E-state index is 0.0216. The fourth-order valence-corrected chi connectivity index (χ4v) is 2.22. The van der Waals surface area contributed by atoms with E-state index < -0.39 is 12.4 Å². The molecule has 124 valence electrons. The molecule has 0 saturated carbocycles. The van der Waals surface area contributed by atoms with Gasteiger partial charge in [-0.3, -0.25) is 0 Å². The number of rotatable bonds is 7. The molecule has 3 nitrogen and oxygen atoms in total. The maximum Gasteiger partial charge on any atom is 0.387 e. The summed E-state index contributed by atoms with van der Waals surface area (Å²) in [7, 11) is 1.38. The maximum absolute atomic E-state index is 13.1. The van der Waals surface area contributed by atoms with Crippen LogP contribution in [0.25, 0.3) is 0 Å². The highest BCUT2D eigenvalue weighted by atomic mass is 35.5. The van der Waals surface area contributed by atoms with E-state index in [1.54, 1.807) is 18.2 Å². The quantitative estimate of drug-likeness (QED) is 0.808. The second-order valence-corrected chi connectivity index (χ2v) is 5.12. The van der Waals surface area contributed by atoms with E-state index in [0.717, 1.165) is 11.1 Å². The molecular weight excluding hydrogens is 331 g/mol. The van der Waals surface area contributed by atoms with Gasteiger partial charge < -0.3 is 14.8 Å². The van der Waals surface area contributed by atoms with E-state index in [1.807, 2.05) is 0 Å². The Labute approximate surface area is 137 Å². The molecule has 1 N–H and O–H groups in total. The second kappa shape index (κ2) is 8.08. The molecule has 0 heterocycles. The van der Waals surface area contributed by atoms with E-state index in [-0.39, 0.29) is 16.5 Å². The van der Waals surface area contributed by atoms with E-state index in [0.29, 0.717) is 13.1 Å². The van der Waals surface area contributed by atoms with Crippen LogP contribution in [0.2, 0.25) is 5.02 Å². The molecule has 0 aliphatic heterocycles. The van der Waals surface area contributed by atoms with Crippen LogP contribution in [0.5, 0.6) is 11.5 Å². The standard InChI is InChI=1S/C16H15ClF3NO2/c1-22-14-5-3-11(7-15(14)23-16(19)20)9-21-8-10-2-4-13(18)12(17)6-10/h2-7,16,21H,8-9H2,1H3. The first-order valence-electron chi connectivity index (χ1n) is 6.76. The van der Waals surface area contributed by atoms with Gasteiger partial charge in [0.15, 0.2) is 11.5 Å². The van der Waals surface area contributed by atoms with Gasteiger partial charge in [-0.1, -0.05) is 23.7 Å². The number of benzene rings is 2. The molecule has 0 aliphatic rings. The predicted molar refractivity (Wildman–Crippen MR) is 81.6 cm³/mol. The Bertz CT molecular complexity index is 668. The molecular formula is C16H15ClF3NO2. The molecule has 2 rings (SSSR count). The molecule has 0 amide bonds. The molecule has 0 aromatic heterocycles. The maximum atomic E-state index is 13.1. The zero-order valence-electron chi connectivity index (χ0n) is 12.3. The summed E-state index contributed by atoms with van der Waals surface area (Å²) in [6, 6.07) is 9.22. The van der Waals surface area contributed by atoms with Gasteiger partial charge in [-0.15, -0.1) is 0 Å². The number of ether oxygens (including phenoxy) is 2. The zero-order chi connectivity index (χ0) is 16.8. The van der Waals surface area contributed by atoms with Gasteiger partial charge in [0.05, 0.1) is 12.1 Å². The van der Waals surface area contributed by atoms with E-state index in [1.165, 1.54) is 25.3 Å². The number of methoxy groups -OCH3 is 1. The van der Waals surface area contributed by atoms with E-state index in [4.69, 9.17) is 16.3 Å². The van der Waals surface area contributed by atoms with Crippen LogP contribution >= 0.6 is 11.6 Å². The van der Waals surface area contributed by atoms with Crippen LogP contribution < -0.4 is 14.8 Å². The minimum Gasteiger partial charge on any atom is -0.493 e. The molecule has 0 fully saturated rings. The monoisotopic (exact) mass is 345 g/mol. The van der Waals surface area contributed by atoms with Gasteiger partial charge in [0.2, 0.25) is 0 Å². The van der Waals surface area contributed by atoms with Gasteiger partial charge in [0.1, 0.15) is 5.82 Å². The molecule has 0 radical (unpaired) electrons. The number of nitrogens with one attached hydrogen (secondary N) is 1. The van der Waals surface area contributed by atoms with Crippen molar-refractivity contribution in [3.05, 3.63) is 58.4 Å². The summed E-state index contributed by atoms with van der Waals surface area (Å²) in [5.74, 6) is -0.259. The van der Waals surface area contributed by atoms with Crippen molar-refractivity contribution < 1.29 is 22.6 Å². The normalized spacial score (nSPS) is 10.9. The largest absolute Gasteiger partial charge is 0.493 e. The van der Waals surface area contributed by atoms with Crippen LogP contribution in [-0.4, -0.2) is 13.7 Å². The molecule has 0 bridgehead atoms. The molecule has 0 atom stereocenters. The average molecular weight is 346 g/mol. The summed E-state index contributed by atoms with van der Waals surface area (Å²) in [6.07, 6.45) is 0. The fraction of sp³-hybridized carbons (Fsp3) is 0.250. The Balaban J connectivity index is 1.98. The predicted octanol–water partition coefficient (Wildman–Crippen LogP) is 4.38. The highest BCUT2D eigenvalue weighted by Crippen LogP contribution is 2.29. The number of hydrogen-bond acceptors (Lipinski definition) is 3. The van der Waals surface area contributed by atoms with Gasteiger partial charge in [-0.2, -0.15) is 8.78 Å². The lowest BCUT2D eigenvalue weighted by Crippen LogP contribution is -2.13. The molecule has 7 heteroatoms. The topological polar surface area (TPSA) is 30.5 Å². The third-order valence-electron chi connectivity index (χ3n) is 3.09. The summed E-state index contributed by atoms with van der Waals surface area (Å²) in [6.45, 7) is -2.05. The molecule has 0 spiro atoms. The summed E-state index contributed by atoms with van der Waals surface area (Å²) >= 11 is 5.71. The number of alkyl halides is 2. The molecule has 0 aliphatic carbocycles. The van der Waals surface area contributed by atoms with Crippen LogP contribution in [0.15, 0.2) is 36.4 Å². The molecule has 0 unspecified atom stereocenters. The van der Waals surface area contributed by atoms with Crippen molar-refractivity contribution in [2.45, 2.75) is 19.7 Å². The van der Waals surface area contributed by atoms with Crippen LogP contribution in [0.1, 0.15) is 11.1 Å². The van der Waals surface area contributed by atoms with Crippen LogP contribution in [0.3, 0.4) is 0 Å². The average Bonchev–Trinajstić information content (AvgIpc) is 2.50. The lowest BCUT2D eigenvalue weighted by Gasteiger charge is -2.12. The van der Waals surface area contributed by atoms with Crippen molar-refractivity contribution in [3.63, 3.8) is 0 Å². The summed E-state index contributed by atoms with van der Waals surface area (Å²) in [4.78, 5) is 0. The van der Waals surface area contributed by atoms with Crippen molar-refractivity contribution in [1.29, 1.82) is 0 Å².